The lowest BCUT2D eigenvalue weighted by atomic mass is 10.1. The van der Waals surface area contributed by atoms with Gasteiger partial charge in [0.1, 0.15) is 10.7 Å². The maximum Gasteiger partial charge on any atom is 0.243 e. The van der Waals surface area contributed by atoms with Crippen LogP contribution in [0.2, 0.25) is 0 Å². The van der Waals surface area contributed by atoms with E-state index in [4.69, 9.17) is 10.5 Å². The summed E-state index contributed by atoms with van der Waals surface area (Å²) in [5.74, 6) is -0.857. The SMILES string of the molecule is CCOCC(NS(=O)(=O)c1cc(N)c(Br)cc1F)C(C)C. The van der Waals surface area contributed by atoms with E-state index in [1.165, 1.54) is 0 Å². The lowest BCUT2D eigenvalue weighted by Crippen LogP contribution is -2.42. The molecule has 0 aromatic heterocycles. The van der Waals surface area contributed by atoms with E-state index in [0.717, 1.165) is 12.1 Å². The highest BCUT2D eigenvalue weighted by Crippen LogP contribution is 2.26. The van der Waals surface area contributed by atoms with Gasteiger partial charge in [-0.05, 0) is 40.9 Å². The molecule has 0 aliphatic carbocycles. The number of hydrogen-bond donors (Lipinski definition) is 2. The van der Waals surface area contributed by atoms with E-state index in [0.29, 0.717) is 11.1 Å². The van der Waals surface area contributed by atoms with Gasteiger partial charge in [-0.2, -0.15) is 0 Å². The molecule has 1 unspecified atom stereocenters. The molecule has 1 aromatic rings. The first-order chi connectivity index (χ1) is 9.69. The molecule has 0 fully saturated rings. The highest BCUT2D eigenvalue weighted by atomic mass is 79.9. The fourth-order valence-corrected chi connectivity index (χ4v) is 3.40. The number of sulfonamides is 1. The van der Waals surface area contributed by atoms with Crippen LogP contribution in [0.5, 0.6) is 0 Å². The van der Waals surface area contributed by atoms with Gasteiger partial charge in [0.05, 0.1) is 6.61 Å². The summed E-state index contributed by atoms with van der Waals surface area (Å²) in [6.07, 6.45) is 0. The van der Waals surface area contributed by atoms with E-state index in [1.54, 1.807) is 0 Å². The number of hydrogen-bond acceptors (Lipinski definition) is 4. The van der Waals surface area contributed by atoms with Crippen molar-refractivity contribution in [1.29, 1.82) is 0 Å². The molecule has 1 rings (SSSR count). The second-order valence-corrected chi connectivity index (χ2v) is 7.47. The fraction of sp³-hybridized carbons (Fsp3) is 0.538. The topological polar surface area (TPSA) is 81.4 Å². The Labute approximate surface area is 133 Å². The average Bonchev–Trinajstić information content (AvgIpc) is 2.38. The van der Waals surface area contributed by atoms with Gasteiger partial charge in [0.25, 0.3) is 0 Å². The minimum Gasteiger partial charge on any atom is -0.398 e. The van der Waals surface area contributed by atoms with Crippen molar-refractivity contribution in [3.8, 4) is 0 Å². The summed E-state index contributed by atoms with van der Waals surface area (Å²) in [5.41, 5.74) is 5.78. The molecule has 0 amide bonds. The number of anilines is 1. The number of nitrogens with one attached hydrogen (secondary N) is 1. The first kappa shape index (κ1) is 18.3. The molecule has 1 atom stereocenters. The molecule has 0 saturated heterocycles. The third kappa shape index (κ3) is 4.91. The molecule has 21 heavy (non-hydrogen) atoms. The predicted octanol–water partition coefficient (Wildman–Crippen LogP) is 2.51. The summed E-state index contributed by atoms with van der Waals surface area (Å²) in [6.45, 7) is 6.24. The summed E-state index contributed by atoms with van der Waals surface area (Å²) >= 11 is 3.05. The summed E-state index contributed by atoms with van der Waals surface area (Å²) in [4.78, 5) is -0.467. The van der Waals surface area contributed by atoms with Crippen LogP contribution in [0.1, 0.15) is 20.8 Å². The molecule has 8 heteroatoms. The van der Waals surface area contributed by atoms with Gasteiger partial charge in [-0.15, -0.1) is 0 Å². The molecule has 1 aromatic carbocycles. The van der Waals surface area contributed by atoms with Crippen LogP contribution in [0, 0.1) is 11.7 Å². The molecule has 0 aliphatic heterocycles. The number of nitrogens with two attached hydrogens (primary N) is 1. The van der Waals surface area contributed by atoms with E-state index in [2.05, 4.69) is 20.7 Å². The van der Waals surface area contributed by atoms with E-state index in [1.807, 2.05) is 20.8 Å². The van der Waals surface area contributed by atoms with Crippen molar-refractivity contribution in [3.05, 3.63) is 22.4 Å². The minimum absolute atomic E-state index is 0.00202. The van der Waals surface area contributed by atoms with Crippen LogP contribution < -0.4 is 10.5 Å². The van der Waals surface area contributed by atoms with Crippen LogP contribution in [0.15, 0.2) is 21.5 Å². The van der Waals surface area contributed by atoms with Gasteiger partial charge in [0.15, 0.2) is 0 Å². The Morgan fingerprint density at radius 2 is 2.05 bits per heavy atom. The van der Waals surface area contributed by atoms with Crippen molar-refractivity contribution in [2.24, 2.45) is 5.92 Å². The van der Waals surface area contributed by atoms with Crippen molar-refractivity contribution >= 4 is 31.6 Å². The minimum atomic E-state index is -4.01. The monoisotopic (exact) mass is 382 g/mol. The Bertz CT molecular complexity index is 593. The van der Waals surface area contributed by atoms with Crippen molar-refractivity contribution < 1.29 is 17.5 Å². The van der Waals surface area contributed by atoms with Crippen LogP contribution in [-0.2, 0) is 14.8 Å². The molecular formula is C13H20BrFN2O3S. The lowest BCUT2D eigenvalue weighted by molar-refractivity contribution is 0.116. The largest absolute Gasteiger partial charge is 0.398 e. The highest BCUT2D eigenvalue weighted by Gasteiger charge is 2.26. The average molecular weight is 383 g/mol. The molecular weight excluding hydrogens is 363 g/mol. The number of nitrogen functional groups attached to an aromatic ring is 1. The highest BCUT2D eigenvalue weighted by molar-refractivity contribution is 9.10. The molecule has 0 bridgehead atoms. The van der Waals surface area contributed by atoms with Crippen LogP contribution in [0.4, 0.5) is 10.1 Å². The van der Waals surface area contributed by atoms with Crippen molar-refractivity contribution in [1.82, 2.24) is 4.72 Å². The summed E-state index contributed by atoms with van der Waals surface area (Å²) < 4.78 is 46.6. The third-order valence-corrected chi connectivity index (χ3v) is 5.15. The first-order valence-corrected chi connectivity index (χ1v) is 8.81. The van der Waals surface area contributed by atoms with Gasteiger partial charge in [-0.25, -0.2) is 17.5 Å². The van der Waals surface area contributed by atoms with E-state index >= 15 is 0 Å². The number of benzene rings is 1. The molecule has 0 saturated carbocycles. The first-order valence-electron chi connectivity index (χ1n) is 6.53. The number of ether oxygens (including phenoxy) is 1. The maximum atomic E-state index is 13.9. The van der Waals surface area contributed by atoms with Gasteiger partial charge in [0.2, 0.25) is 10.0 Å². The normalized spacial score (nSPS) is 13.6. The lowest BCUT2D eigenvalue weighted by Gasteiger charge is -2.22. The molecule has 0 heterocycles. The van der Waals surface area contributed by atoms with Crippen LogP contribution in [-0.4, -0.2) is 27.7 Å². The molecule has 120 valence electrons. The van der Waals surface area contributed by atoms with Crippen LogP contribution in [0.3, 0.4) is 0 Å². The smallest absolute Gasteiger partial charge is 0.243 e. The molecule has 0 radical (unpaired) electrons. The van der Waals surface area contributed by atoms with Gasteiger partial charge in [-0.3, -0.25) is 0 Å². The summed E-state index contributed by atoms with van der Waals surface area (Å²) in [5, 5.41) is 0. The Kier molecular flexibility index (Phi) is 6.58. The van der Waals surface area contributed by atoms with Crippen molar-refractivity contribution in [2.45, 2.75) is 31.7 Å². The Hall–Kier alpha value is -0.700. The molecule has 0 spiro atoms. The fourth-order valence-electron chi connectivity index (χ4n) is 1.62. The Morgan fingerprint density at radius 1 is 1.43 bits per heavy atom. The predicted molar refractivity (Wildman–Crippen MR) is 84.0 cm³/mol. The van der Waals surface area contributed by atoms with Gasteiger partial charge >= 0.3 is 0 Å². The van der Waals surface area contributed by atoms with Gasteiger partial charge in [0, 0.05) is 22.8 Å². The zero-order valence-corrected chi connectivity index (χ0v) is 14.6. The molecule has 3 N–H and O–H groups in total. The quantitative estimate of drug-likeness (QED) is 0.709. The summed E-state index contributed by atoms with van der Waals surface area (Å²) in [6, 6.07) is 1.69. The summed E-state index contributed by atoms with van der Waals surface area (Å²) in [7, 11) is -4.01. The van der Waals surface area contributed by atoms with Gasteiger partial charge < -0.3 is 10.5 Å². The van der Waals surface area contributed by atoms with E-state index in [9.17, 15) is 12.8 Å². The molecule has 5 nitrogen and oxygen atoms in total. The number of halogens is 2. The zero-order chi connectivity index (χ0) is 16.2. The Morgan fingerprint density at radius 3 is 2.57 bits per heavy atom. The maximum absolute atomic E-state index is 13.9. The van der Waals surface area contributed by atoms with Crippen molar-refractivity contribution in [2.75, 3.05) is 18.9 Å². The number of rotatable bonds is 7. The van der Waals surface area contributed by atoms with Crippen molar-refractivity contribution in [3.63, 3.8) is 0 Å². The van der Waals surface area contributed by atoms with Gasteiger partial charge in [-0.1, -0.05) is 13.8 Å². The third-order valence-electron chi connectivity index (χ3n) is 2.95. The molecule has 0 aliphatic rings. The van der Waals surface area contributed by atoms with Crippen LogP contribution in [0.25, 0.3) is 0 Å². The zero-order valence-electron chi connectivity index (χ0n) is 12.2. The Balaban J connectivity index is 3.07. The second kappa shape index (κ2) is 7.53. The van der Waals surface area contributed by atoms with E-state index < -0.39 is 26.8 Å². The van der Waals surface area contributed by atoms with E-state index in [-0.39, 0.29) is 18.2 Å². The van der Waals surface area contributed by atoms with Crippen LogP contribution >= 0.6 is 15.9 Å². The standard InChI is InChI=1S/C13H20BrFN2O3S/c1-4-20-7-12(8(2)3)17-21(18,19)13-6-11(16)9(14)5-10(13)15/h5-6,8,12,17H,4,7,16H2,1-3H3. The second-order valence-electron chi connectivity index (χ2n) is 4.94.